The van der Waals surface area contributed by atoms with Gasteiger partial charge in [0.25, 0.3) is 0 Å². The first-order chi connectivity index (χ1) is 32.4. The molecule has 0 amide bonds. The van der Waals surface area contributed by atoms with Crippen LogP contribution in [0.5, 0.6) is 17.2 Å². The summed E-state index contributed by atoms with van der Waals surface area (Å²) < 4.78 is 231. The van der Waals surface area contributed by atoms with Crippen molar-refractivity contribution in [2.24, 2.45) is 0 Å². The molecule has 0 aliphatic carbocycles. The second-order valence-corrected chi connectivity index (χ2v) is 15.7. The highest BCUT2D eigenvalue weighted by Gasteiger charge is 2.90. The Hall–Kier alpha value is -5.36. The first kappa shape index (κ1) is 53.0. The van der Waals surface area contributed by atoms with E-state index in [1.165, 1.54) is 57.7 Å². The van der Waals surface area contributed by atoms with Gasteiger partial charge in [-0.15, -0.1) is 0 Å². The smallest absolute Gasteiger partial charge is 0.460 e. The molecule has 4 aromatic rings. The molecule has 0 N–H and O–H groups in total. The summed E-state index contributed by atoms with van der Waals surface area (Å²) in [5.74, 6) is -37.7. The van der Waals surface area contributed by atoms with Gasteiger partial charge in [-0.3, -0.25) is 0 Å². The van der Waals surface area contributed by atoms with E-state index in [4.69, 9.17) is 42.6 Å². The third-order valence-electron chi connectivity index (χ3n) is 11.2. The molecule has 2 heterocycles. The van der Waals surface area contributed by atoms with E-state index in [1.807, 2.05) is 36.4 Å². The summed E-state index contributed by atoms with van der Waals surface area (Å²) >= 11 is 0. The first-order valence-corrected chi connectivity index (χ1v) is 20.7. The van der Waals surface area contributed by atoms with Crippen LogP contribution in [-0.4, -0.2) is 100 Å². The number of halogens is 13. The van der Waals surface area contributed by atoms with Crippen LogP contribution >= 0.6 is 0 Å². The summed E-state index contributed by atoms with van der Waals surface area (Å²) in [7, 11) is 3.87. The van der Waals surface area contributed by atoms with Crippen LogP contribution in [0.3, 0.4) is 0 Å². The molecule has 1 unspecified atom stereocenters. The van der Waals surface area contributed by atoms with E-state index in [-0.39, 0.29) is 48.2 Å². The molecular formula is C46H43F13O10. The minimum absolute atomic E-state index is 0.0146. The number of esters is 1. The van der Waals surface area contributed by atoms with Crippen molar-refractivity contribution in [1.82, 2.24) is 0 Å². The van der Waals surface area contributed by atoms with Crippen molar-refractivity contribution in [2.45, 2.75) is 105 Å². The molecule has 0 saturated carbocycles. The van der Waals surface area contributed by atoms with Crippen molar-refractivity contribution in [1.29, 1.82) is 0 Å². The average Bonchev–Trinajstić information content (AvgIpc) is 3.32. The van der Waals surface area contributed by atoms with Crippen molar-refractivity contribution in [3.8, 4) is 17.2 Å². The minimum atomic E-state index is -7.96. The number of hydrogen-bond acceptors (Lipinski definition) is 10. The zero-order chi connectivity index (χ0) is 50.6. The molecule has 0 aromatic heterocycles. The monoisotopic (exact) mass is 1000 g/mol. The quantitative estimate of drug-likeness (QED) is 0.0629. The number of fused-ring (bicyclic) bond motifs is 1. The van der Waals surface area contributed by atoms with Gasteiger partial charge in [0.2, 0.25) is 12.0 Å². The number of methoxy groups -OCH3 is 3. The number of hydrogen-bond donors (Lipinski definition) is 0. The van der Waals surface area contributed by atoms with E-state index in [9.17, 15) is 61.9 Å². The highest BCUT2D eigenvalue weighted by atomic mass is 19.4. The number of benzene rings is 4. The summed E-state index contributed by atoms with van der Waals surface area (Å²) in [4.78, 5) is 12.5. The van der Waals surface area contributed by atoms with Gasteiger partial charge in [0, 0.05) is 12.0 Å². The lowest BCUT2D eigenvalue weighted by atomic mass is 9.91. The van der Waals surface area contributed by atoms with Crippen molar-refractivity contribution in [3.63, 3.8) is 0 Å². The molecule has 6 atom stereocenters. The number of carbonyl (C=O) groups excluding carboxylic acids is 1. The Kier molecular flexibility index (Phi) is 16.1. The summed E-state index contributed by atoms with van der Waals surface area (Å²) in [5.41, 5.74) is 1.99. The van der Waals surface area contributed by atoms with Gasteiger partial charge in [0.15, 0.2) is 17.8 Å². The van der Waals surface area contributed by atoms with Crippen LogP contribution in [0, 0.1) is 0 Å². The Morgan fingerprint density at radius 2 is 1.14 bits per heavy atom. The Morgan fingerprint density at radius 3 is 1.65 bits per heavy atom. The van der Waals surface area contributed by atoms with Crippen LogP contribution in [0.25, 0.3) is 0 Å². The molecule has 6 rings (SSSR count). The van der Waals surface area contributed by atoms with Crippen molar-refractivity contribution < 1.29 is 105 Å². The molecule has 23 heteroatoms. The lowest BCUT2D eigenvalue weighted by Gasteiger charge is -2.48. The second-order valence-electron chi connectivity index (χ2n) is 15.7. The molecule has 2 fully saturated rings. The molecule has 69 heavy (non-hydrogen) atoms. The van der Waals surface area contributed by atoms with Gasteiger partial charge < -0.3 is 42.6 Å². The van der Waals surface area contributed by atoms with Gasteiger partial charge in [-0.05, 0) is 41.7 Å². The highest BCUT2D eigenvalue weighted by molar-refractivity contribution is 5.91. The van der Waals surface area contributed by atoms with Gasteiger partial charge in [-0.25, -0.2) is 4.79 Å². The number of rotatable bonds is 20. The average molecular weight is 1000 g/mol. The normalized spacial score (nSPS) is 21.6. The third-order valence-corrected chi connectivity index (χ3v) is 11.2. The summed E-state index contributed by atoms with van der Waals surface area (Å²) in [6.45, 7) is -0.131. The van der Waals surface area contributed by atoms with Gasteiger partial charge in [0.1, 0.15) is 24.4 Å². The van der Waals surface area contributed by atoms with Crippen LogP contribution in [0.15, 0.2) is 97.1 Å². The van der Waals surface area contributed by atoms with Crippen LogP contribution in [0.4, 0.5) is 57.1 Å². The van der Waals surface area contributed by atoms with Crippen LogP contribution in [0.1, 0.15) is 51.7 Å². The Morgan fingerprint density at radius 1 is 0.623 bits per heavy atom. The van der Waals surface area contributed by atoms with E-state index in [0.717, 1.165) is 11.1 Å². The molecule has 0 bridgehead atoms. The number of ether oxygens (including phenoxy) is 9. The van der Waals surface area contributed by atoms with Gasteiger partial charge in [-0.1, -0.05) is 84.9 Å². The minimum Gasteiger partial charge on any atom is -0.493 e. The van der Waals surface area contributed by atoms with Crippen molar-refractivity contribution in [2.75, 3.05) is 27.9 Å². The zero-order valence-electron chi connectivity index (χ0n) is 36.4. The summed E-state index contributed by atoms with van der Waals surface area (Å²) in [6, 6.07) is 26.1. The molecule has 378 valence electrons. The lowest BCUT2D eigenvalue weighted by molar-refractivity contribution is -0.440. The Labute approximate surface area is 385 Å². The van der Waals surface area contributed by atoms with E-state index < -0.39 is 98.0 Å². The maximum atomic E-state index is 14.5. The molecule has 0 spiro atoms. The number of aryl methyl sites for hydroxylation is 1. The van der Waals surface area contributed by atoms with Gasteiger partial charge in [0.05, 0.1) is 46.7 Å². The predicted octanol–water partition coefficient (Wildman–Crippen LogP) is 10.9. The van der Waals surface area contributed by atoms with E-state index in [0.29, 0.717) is 5.56 Å². The molecule has 2 saturated heterocycles. The topological polar surface area (TPSA) is 100 Å². The van der Waals surface area contributed by atoms with E-state index >= 15 is 0 Å². The largest absolute Gasteiger partial charge is 0.493 e. The SMILES string of the molecule is COC(=O)c1cc(OC)c(O[C@@H]2O[C@@H]3COC(c4ccc(CCCC(F)(F)C(F)(F)C(F)(F)C(F)(F)C(F)(F)C(F)(F)F)cc4)O[C@H]3[C@H](OCc3ccccc3)[C@H]2OCc2ccccc2)c(OC)c1. The maximum absolute atomic E-state index is 14.5. The molecule has 0 radical (unpaired) electrons. The second kappa shape index (κ2) is 20.9. The molecular weight excluding hydrogens is 959 g/mol. The Balaban J connectivity index is 1.22. The van der Waals surface area contributed by atoms with Gasteiger partial charge >= 0.3 is 41.8 Å². The molecule has 2 aliphatic rings. The predicted molar refractivity (Wildman–Crippen MR) is 214 cm³/mol. The Bertz CT molecular complexity index is 2300. The van der Waals surface area contributed by atoms with E-state index in [1.54, 1.807) is 24.3 Å². The lowest BCUT2D eigenvalue weighted by Crippen LogP contribution is -2.70. The number of carbonyl (C=O) groups is 1. The fourth-order valence-electron chi connectivity index (χ4n) is 7.37. The standard InChI is InChI=1S/C46H43F13O10/c1-61-31-21-30(38(60)63-3)22-32(62-2)34(31)68-40-37(65-24-28-13-8-5-9-14-28)36(64-23-27-11-6-4-7-12-27)35-33(67-40)25-66-39(69-35)29-18-16-26(17-19-29)15-10-20-41(47,48)42(49,50)43(51,52)44(53,54)45(55,56)46(57,58)59/h4-9,11-14,16-19,21-22,33,35-37,39-40H,10,15,20,23-25H2,1-3H3/t33-,35-,36+,37-,39?,40+/m1/s1. The van der Waals surface area contributed by atoms with Gasteiger partial charge in [-0.2, -0.15) is 57.1 Å². The van der Waals surface area contributed by atoms with Crippen LogP contribution < -0.4 is 14.2 Å². The van der Waals surface area contributed by atoms with Crippen LogP contribution in [-0.2, 0) is 48.1 Å². The van der Waals surface area contributed by atoms with Crippen LogP contribution in [0.2, 0.25) is 0 Å². The van der Waals surface area contributed by atoms with Crippen molar-refractivity contribution >= 4 is 5.97 Å². The molecule has 2 aliphatic heterocycles. The summed E-state index contributed by atoms with van der Waals surface area (Å²) in [6.07, 6.45) is -18.1. The zero-order valence-corrected chi connectivity index (χ0v) is 36.4. The fraction of sp³-hybridized carbons (Fsp3) is 0.457. The number of alkyl halides is 13. The molecule has 10 nitrogen and oxygen atoms in total. The highest BCUT2D eigenvalue weighted by Crippen LogP contribution is 2.61. The van der Waals surface area contributed by atoms with E-state index in [2.05, 4.69) is 0 Å². The molecule has 4 aromatic carbocycles. The maximum Gasteiger partial charge on any atom is 0.460 e. The third kappa shape index (κ3) is 10.9. The fourth-order valence-corrected chi connectivity index (χ4v) is 7.37. The first-order valence-electron chi connectivity index (χ1n) is 20.7. The van der Waals surface area contributed by atoms with Crippen molar-refractivity contribution in [3.05, 3.63) is 125 Å². The summed E-state index contributed by atoms with van der Waals surface area (Å²) in [5, 5.41) is 0.